The molecule has 2 aliphatic carbocycles. The predicted octanol–water partition coefficient (Wildman–Crippen LogP) is 11.2. The number of alkyl halides is 2. The number of halogens is 6. The molecule has 0 spiro atoms. The number of hydrogen-bond donors (Lipinski definition) is 0. The van der Waals surface area contributed by atoms with E-state index in [4.69, 9.17) is 14.2 Å². The van der Waals surface area contributed by atoms with Crippen LogP contribution < -0.4 is 4.74 Å². The van der Waals surface area contributed by atoms with Crippen LogP contribution in [0.15, 0.2) is 42.7 Å². The first-order chi connectivity index (χ1) is 21.7. The molecule has 2 aromatic rings. The molecule has 3 fully saturated rings. The second kappa shape index (κ2) is 15.4. The molecule has 3 nitrogen and oxygen atoms in total. The van der Waals surface area contributed by atoms with Crippen molar-refractivity contribution >= 4 is 5.83 Å². The summed E-state index contributed by atoms with van der Waals surface area (Å²) in [4.78, 5) is 0. The van der Waals surface area contributed by atoms with Gasteiger partial charge in [0.1, 0.15) is 23.7 Å². The molecule has 0 aromatic heterocycles. The second-order valence-corrected chi connectivity index (χ2v) is 13.1. The fraction of sp³-hybridized carbons (Fsp3) is 0.611. The Bertz CT molecular complexity index is 1280. The van der Waals surface area contributed by atoms with Crippen LogP contribution in [-0.4, -0.2) is 19.3 Å². The van der Waals surface area contributed by atoms with E-state index < -0.39 is 41.3 Å². The monoisotopic (exact) mass is 638 g/mol. The summed E-state index contributed by atoms with van der Waals surface area (Å²) < 4.78 is 102. The second-order valence-electron chi connectivity index (χ2n) is 13.1. The summed E-state index contributed by atoms with van der Waals surface area (Å²) in [6, 6.07) is 7.87. The molecule has 0 bridgehead atoms. The Morgan fingerprint density at radius 3 is 2.13 bits per heavy atom. The van der Waals surface area contributed by atoms with Gasteiger partial charge in [0.2, 0.25) is 0 Å². The Kier molecular flexibility index (Phi) is 11.6. The summed E-state index contributed by atoms with van der Waals surface area (Å²) in [6.45, 7) is 3.44. The molecule has 0 amide bonds. The van der Waals surface area contributed by atoms with Crippen LogP contribution in [-0.2, 0) is 9.47 Å². The highest BCUT2D eigenvalue weighted by Gasteiger charge is 2.45. The van der Waals surface area contributed by atoms with Crippen LogP contribution in [0, 0.1) is 35.3 Å². The van der Waals surface area contributed by atoms with Crippen LogP contribution in [0.4, 0.5) is 26.3 Å². The van der Waals surface area contributed by atoms with Gasteiger partial charge in [-0.3, -0.25) is 0 Å². The molecule has 1 aliphatic heterocycles. The zero-order valence-corrected chi connectivity index (χ0v) is 25.9. The van der Waals surface area contributed by atoms with Crippen LogP contribution in [0.1, 0.15) is 113 Å². The van der Waals surface area contributed by atoms with Gasteiger partial charge in [-0.05, 0) is 99.3 Å². The highest BCUT2D eigenvalue weighted by molar-refractivity contribution is 5.59. The van der Waals surface area contributed by atoms with Crippen molar-refractivity contribution in [3.8, 4) is 5.75 Å². The standard InChI is InChI=1S/C36H44F6O3/c1-2-3-4-5-23-21-43-35(44-22-23)27-12-16-30(32(38)18-27)26-8-6-24(7-9-26)25-10-13-28(14-11-25)36(41,42)45-29-15-17-31(33(39)19-29)34(40)20-37/h12,15-20,23-26,28,35H,2-11,13-14,21-22H2,1H3. The smallest absolute Gasteiger partial charge is 0.400 e. The summed E-state index contributed by atoms with van der Waals surface area (Å²) in [6.07, 6.45) is 5.62. The summed E-state index contributed by atoms with van der Waals surface area (Å²) in [5, 5.41) is 0. The number of unbranched alkanes of at least 4 members (excludes halogenated alkanes) is 2. The van der Waals surface area contributed by atoms with Gasteiger partial charge in [0.05, 0.1) is 19.1 Å². The van der Waals surface area contributed by atoms with Gasteiger partial charge >= 0.3 is 6.11 Å². The van der Waals surface area contributed by atoms with Gasteiger partial charge in [0.25, 0.3) is 0 Å². The van der Waals surface area contributed by atoms with Crippen LogP contribution in [0.5, 0.6) is 5.75 Å². The molecular formula is C36H44F6O3. The lowest BCUT2D eigenvalue weighted by molar-refractivity contribution is -0.224. The van der Waals surface area contributed by atoms with E-state index in [9.17, 15) is 22.0 Å². The van der Waals surface area contributed by atoms with Gasteiger partial charge in [-0.1, -0.05) is 38.3 Å². The minimum absolute atomic E-state index is 0.126. The zero-order chi connectivity index (χ0) is 32.0. The number of ether oxygens (including phenoxy) is 3. The average molecular weight is 639 g/mol. The molecule has 0 N–H and O–H groups in total. The molecule has 1 heterocycles. The first-order valence-electron chi connectivity index (χ1n) is 16.5. The maximum atomic E-state index is 15.3. The van der Waals surface area contributed by atoms with E-state index in [0.717, 1.165) is 49.8 Å². The van der Waals surface area contributed by atoms with E-state index >= 15 is 4.39 Å². The highest BCUT2D eigenvalue weighted by atomic mass is 19.3. The summed E-state index contributed by atoms with van der Waals surface area (Å²) in [7, 11) is 0. The predicted molar refractivity (Wildman–Crippen MR) is 161 cm³/mol. The van der Waals surface area contributed by atoms with Crippen molar-refractivity contribution in [1.82, 2.24) is 0 Å². The first-order valence-corrected chi connectivity index (χ1v) is 16.5. The van der Waals surface area contributed by atoms with Crippen molar-refractivity contribution in [3.63, 3.8) is 0 Å². The van der Waals surface area contributed by atoms with Crippen LogP contribution in [0.3, 0.4) is 0 Å². The Morgan fingerprint density at radius 2 is 1.53 bits per heavy atom. The number of benzene rings is 2. The maximum absolute atomic E-state index is 15.3. The van der Waals surface area contributed by atoms with E-state index in [-0.39, 0.29) is 30.9 Å². The summed E-state index contributed by atoms with van der Waals surface area (Å²) in [5.41, 5.74) is 0.774. The minimum atomic E-state index is -3.52. The van der Waals surface area contributed by atoms with Crippen molar-refractivity contribution in [2.24, 2.45) is 23.7 Å². The quantitative estimate of drug-likeness (QED) is 0.181. The molecule has 0 unspecified atom stereocenters. The molecule has 9 heteroatoms. The lowest BCUT2D eigenvalue weighted by Gasteiger charge is -2.39. The maximum Gasteiger partial charge on any atom is 0.400 e. The van der Waals surface area contributed by atoms with Crippen molar-refractivity contribution in [2.45, 2.75) is 102 Å². The van der Waals surface area contributed by atoms with Gasteiger partial charge in [-0.25, -0.2) is 17.6 Å². The molecule has 0 atom stereocenters. The van der Waals surface area contributed by atoms with Crippen LogP contribution in [0.2, 0.25) is 0 Å². The minimum Gasteiger partial charge on any atom is -0.432 e. The lowest BCUT2D eigenvalue weighted by Crippen LogP contribution is -2.38. The van der Waals surface area contributed by atoms with Crippen LogP contribution in [0.25, 0.3) is 5.83 Å². The van der Waals surface area contributed by atoms with E-state index in [1.165, 1.54) is 19.3 Å². The summed E-state index contributed by atoms with van der Waals surface area (Å²) >= 11 is 0. The molecule has 45 heavy (non-hydrogen) atoms. The van der Waals surface area contributed by atoms with E-state index in [2.05, 4.69) is 6.92 Å². The van der Waals surface area contributed by atoms with Gasteiger partial charge in [-0.15, -0.1) is 0 Å². The van der Waals surface area contributed by atoms with E-state index in [1.54, 1.807) is 6.07 Å². The van der Waals surface area contributed by atoms with Gasteiger partial charge in [-0.2, -0.15) is 8.78 Å². The highest BCUT2D eigenvalue weighted by Crippen LogP contribution is 2.47. The molecular weight excluding hydrogens is 594 g/mol. The normalized spacial score (nSPS) is 28.2. The molecule has 1 saturated heterocycles. The zero-order valence-electron chi connectivity index (χ0n) is 25.9. The van der Waals surface area contributed by atoms with E-state index in [1.807, 2.05) is 12.1 Å². The SMILES string of the molecule is CCCCCC1COC(c2ccc(C3CCC(C4CCC(C(F)(F)Oc5ccc(C(F)=CF)c(F)c5)CC4)CC3)c(F)c2)OC1. The van der Waals surface area contributed by atoms with Crippen molar-refractivity contribution < 1.29 is 40.6 Å². The first kappa shape index (κ1) is 33.8. The fourth-order valence-electron chi connectivity index (χ4n) is 7.49. The average Bonchev–Trinajstić information content (AvgIpc) is 3.05. The van der Waals surface area contributed by atoms with Gasteiger partial charge in [0.15, 0.2) is 12.1 Å². The van der Waals surface area contributed by atoms with E-state index in [0.29, 0.717) is 55.4 Å². The lowest BCUT2D eigenvalue weighted by atomic mass is 9.68. The largest absolute Gasteiger partial charge is 0.432 e. The molecule has 2 saturated carbocycles. The summed E-state index contributed by atoms with van der Waals surface area (Å²) in [5.74, 6) is -3.03. The Balaban J connectivity index is 1.07. The third-order valence-corrected chi connectivity index (χ3v) is 10.2. The fourth-order valence-corrected chi connectivity index (χ4v) is 7.49. The molecule has 0 radical (unpaired) electrons. The third kappa shape index (κ3) is 8.45. The molecule has 5 rings (SSSR count). The van der Waals surface area contributed by atoms with Crippen molar-refractivity contribution in [1.29, 1.82) is 0 Å². The van der Waals surface area contributed by atoms with Gasteiger partial charge in [0, 0.05) is 23.1 Å². The number of rotatable bonds is 11. The van der Waals surface area contributed by atoms with Crippen molar-refractivity contribution in [2.75, 3.05) is 13.2 Å². The third-order valence-electron chi connectivity index (χ3n) is 10.2. The Hall–Kier alpha value is -2.52. The van der Waals surface area contributed by atoms with Gasteiger partial charge < -0.3 is 14.2 Å². The van der Waals surface area contributed by atoms with Crippen molar-refractivity contribution in [3.05, 3.63) is 71.1 Å². The molecule has 2 aromatic carbocycles. The Labute approximate surface area is 262 Å². The Morgan fingerprint density at radius 1 is 0.867 bits per heavy atom. The molecule has 248 valence electrons. The number of hydrogen-bond acceptors (Lipinski definition) is 3. The van der Waals surface area contributed by atoms with Crippen LogP contribution >= 0.6 is 0 Å². The topological polar surface area (TPSA) is 27.7 Å². The molecule has 3 aliphatic rings.